The molecule has 0 fully saturated rings. The van der Waals surface area contributed by atoms with Gasteiger partial charge in [0.25, 0.3) is 0 Å². The molecule has 0 aliphatic heterocycles. The van der Waals surface area contributed by atoms with Gasteiger partial charge in [0.2, 0.25) is 0 Å². The van der Waals surface area contributed by atoms with Gasteiger partial charge in [-0.05, 0) is 24.1 Å². The van der Waals surface area contributed by atoms with Crippen molar-refractivity contribution in [2.75, 3.05) is 11.8 Å². The van der Waals surface area contributed by atoms with E-state index in [9.17, 15) is 13.2 Å². The Morgan fingerprint density at radius 2 is 1.58 bits per heavy atom. The zero-order chi connectivity index (χ0) is 14.5. The van der Waals surface area contributed by atoms with Crippen LogP contribution >= 0.6 is 23.2 Å². The van der Waals surface area contributed by atoms with Crippen molar-refractivity contribution in [1.82, 2.24) is 5.32 Å². The van der Waals surface area contributed by atoms with Crippen molar-refractivity contribution in [2.24, 2.45) is 0 Å². The van der Waals surface area contributed by atoms with Gasteiger partial charge >= 0.3 is 6.18 Å². The Balaban J connectivity index is 2.69. The minimum atomic E-state index is -4.30. The number of hydrogen-bond acceptors (Lipinski definition) is 1. The summed E-state index contributed by atoms with van der Waals surface area (Å²) in [7, 11) is 0. The maximum Gasteiger partial charge on any atom is 0.416 e. The van der Waals surface area contributed by atoms with Gasteiger partial charge < -0.3 is 5.32 Å². The van der Waals surface area contributed by atoms with Gasteiger partial charge in [-0.25, -0.2) is 0 Å². The quantitative estimate of drug-likeness (QED) is 0.766. The Labute approximate surface area is 121 Å². The van der Waals surface area contributed by atoms with Gasteiger partial charge in [-0.15, -0.1) is 23.2 Å². The first-order chi connectivity index (χ1) is 8.87. The van der Waals surface area contributed by atoms with Gasteiger partial charge in [0.1, 0.15) is 0 Å². The van der Waals surface area contributed by atoms with E-state index in [-0.39, 0.29) is 5.54 Å². The van der Waals surface area contributed by atoms with Crippen molar-refractivity contribution >= 4 is 23.2 Å². The molecule has 0 aliphatic carbocycles. The van der Waals surface area contributed by atoms with Gasteiger partial charge in [-0.2, -0.15) is 13.2 Å². The van der Waals surface area contributed by atoms with E-state index in [1.165, 1.54) is 12.1 Å². The van der Waals surface area contributed by atoms with Crippen molar-refractivity contribution < 1.29 is 13.2 Å². The first-order valence-corrected chi connectivity index (χ1v) is 6.97. The standard InChI is InChI=1S/C13H16Cl2F3N/c1-2-12(8-14,9-15)19-7-10-3-5-11(6-4-10)13(16,17)18/h3-6,19H,2,7-9H2,1H3. The molecule has 0 aliphatic rings. The van der Waals surface area contributed by atoms with Crippen LogP contribution in [0.2, 0.25) is 0 Å². The molecule has 6 heteroatoms. The third-order valence-corrected chi connectivity index (χ3v) is 4.16. The molecular weight excluding hydrogens is 298 g/mol. The molecule has 0 heterocycles. The maximum atomic E-state index is 12.4. The Kier molecular flexibility index (Phi) is 5.96. The van der Waals surface area contributed by atoms with Gasteiger partial charge in [0.05, 0.1) is 5.56 Å². The topological polar surface area (TPSA) is 12.0 Å². The molecule has 0 unspecified atom stereocenters. The van der Waals surface area contributed by atoms with Crippen LogP contribution in [-0.2, 0) is 12.7 Å². The highest BCUT2D eigenvalue weighted by molar-refractivity contribution is 6.22. The molecule has 19 heavy (non-hydrogen) atoms. The molecule has 108 valence electrons. The summed E-state index contributed by atoms with van der Waals surface area (Å²) >= 11 is 11.8. The van der Waals surface area contributed by atoms with Gasteiger partial charge in [-0.1, -0.05) is 19.1 Å². The lowest BCUT2D eigenvalue weighted by Gasteiger charge is -2.29. The van der Waals surface area contributed by atoms with Crippen LogP contribution in [-0.4, -0.2) is 17.3 Å². The molecule has 0 saturated carbocycles. The summed E-state index contributed by atoms with van der Waals surface area (Å²) in [5, 5.41) is 3.21. The average Bonchev–Trinajstić information content (AvgIpc) is 2.40. The largest absolute Gasteiger partial charge is 0.416 e. The van der Waals surface area contributed by atoms with Crippen LogP contribution in [0.15, 0.2) is 24.3 Å². The molecular formula is C13H16Cl2F3N. The lowest BCUT2D eigenvalue weighted by atomic mass is 10.0. The summed E-state index contributed by atoms with van der Waals surface area (Å²) in [6.07, 6.45) is -3.55. The van der Waals surface area contributed by atoms with E-state index in [0.29, 0.717) is 18.3 Å². The van der Waals surface area contributed by atoms with Crippen molar-refractivity contribution in [3.05, 3.63) is 35.4 Å². The molecule has 0 amide bonds. The Morgan fingerprint density at radius 1 is 1.05 bits per heavy atom. The third-order valence-electron chi connectivity index (χ3n) is 3.14. The molecule has 0 bridgehead atoms. The fourth-order valence-corrected chi connectivity index (χ4v) is 2.40. The van der Waals surface area contributed by atoms with Gasteiger partial charge in [0, 0.05) is 23.8 Å². The highest BCUT2D eigenvalue weighted by Crippen LogP contribution is 2.29. The molecule has 1 aromatic rings. The van der Waals surface area contributed by atoms with Crippen LogP contribution < -0.4 is 5.32 Å². The van der Waals surface area contributed by atoms with Gasteiger partial charge in [-0.3, -0.25) is 0 Å². The third kappa shape index (κ3) is 4.55. The van der Waals surface area contributed by atoms with E-state index < -0.39 is 11.7 Å². The molecule has 0 saturated heterocycles. The lowest BCUT2D eigenvalue weighted by Crippen LogP contribution is -2.47. The monoisotopic (exact) mass is 313 g/mol. The van der Waals surface area contributed by atoms with Crippen molar-refractivity contribution in [3.63, 3.8) is 0 Å². The van der Waals surface area contributed by atoms with Crippen LogP contribution in [0.3, 0.4) is 0 Å². The fourth-order valence-electron chi connectivity index (χ4n) is 1.55. The molecule has 1 aromatic carbocycles. The minimum Gasteiger partial charge on any atom is -0.305 e. The highest BCUT2D eigenvalue weighted by Gasteiger charge is 2.30. The van der Waals surface area contributed by atoms with Crippen molar-refractivity contribution in [3.8, 4) is 0 Å². The summed E-state index contributed by atoms with van der Waals surface area (Å²) in [4.78, 5) is 0. The molecule has 0 atom stereocenters. The van der Waals surface area contributed by atoms with Crippen LogP contribution in [0.5, 0.6) is 0 Å². The summed E-state index contributed by atoms with van der Waals surface area (Å²) < 4.78 is 37.2. The summed E-state index contributed by atoms with van der Waals surface area (Å²) in [6.45, 7) is 2.40. The van der Waals surface area contributed by atoms with Gasteiger partial charge in [0.15, 0.2) is 0 Å². The predicted molar refractivity (Wildman–Crippen MR) is 72.7 cm³/mol. The number of halogens is 5. The zero-order valence-corrected chi connectivity index (χ0v) is 12.0. The lowest BCUT2D eigenvalue weighted by molar-refractivity contribution is -0.137. The fraction of sp³-hybridized carbons (Fsp3) is 0.538. The molecule has 0 spiro atoms. The number of nitrogens with one attached hydrogen (secondary N) is 1. The van der Waals surface area contributed by atoms with Crippen molar-refractivity contribution in [2.45, 2.75) is 31.6 Å². The van der Waals surface area contributed by atoms with E-state index in [4.69, 9.17) is 23.2 Å². The van der Waals surface area contributed by atoms with E-state index in [1.54, 1.807) is 0 Å². The molecule has 1 N–H and O–H groups in total. The Morgan fingerprint density at radius 3 is 1.95 bits per heavy atom. The van der Waals surface area contributed by atoms with E-state index in [2.05, 4.69) is 5.32 Å². The second-order valence-corrected chi connectivity index (χ2v) is 4.98. The van der Waals surface area contributed by atoms with Crippen LogP contribution in [0.1, 0.15) is 24.5 Å². The Bertz CT molecular complexity index is 378. The first-order valence-electron chi connectivity index (χ1n) is 5.90. The normalized spacial score (nSPS) is 12.7. The second kappa shape index (κ2) is 6.82. The summed E-state index contributed by atoms with van der Waals surface area (Å²) in [6, 6.07) is 5.06. The smallest absolute Gasteiger partial charge is 0.305 e. The Hall–Kier alpha value is -0.450. The van der Waals surface area contributed by atoms with Crippen molar-refractivity contribution in [1.29, 1.82) is 0 Å². The number of rotatable bonds is 6. The SMILES string of the molecule is CCC(CCl)(CCl)NCc1ccc(C(F)(F)F)cc1. The van der Waals surface area contributed by atoms with E-state index in [0.717, 1.165) is 24.1 Å². The average molecular weight is 314 g/mol. The van der Waals surface area contributed by atoms with E-state index in [1.807, 2.05) is 6.92 Å². The van der Waals surface area contributed by atoms with Crippen LogP contribution in [0, 0.1) is 0 Å². The zero-order valence-electron chi connectivity index (χ0n) is 10.5. The number of alkyl halides is 5. The second-order valence-electron chi connectivity index (χ2n) is 4.45. The van der Waals surface area contributed by atoms with E-state index >= 15 is 0 Å². The molecule has 0 aromatic heterocycles. The summed E-state index contributed by atoms with van der Waals surface area (Å²) in [5.74, 6) is 0.710. The van der Waals surface area contributed by atoms with Crippen LogP contribution in [0.4, 0.5) is 13.2 Å². The van der Waals surface area contributed by atoms with Crippen LogP contribution in [0.25, 0.3) is 0 Å². The number of hydrogen-bond donors (Lipinski definition) is 1. The highest BCUT2D eigenvalue weighted by atomic mass is 35.5. The predicted octanol–water partition coefficient (Wildman–Crippen LogP) is 4.42. The number of benzene rings is 1. The maximum absolute atomic E-state index is 12.4. The minimum absolute atomic E-state index is 0.355. The molecule has 1 rings (SSSR count). The summed E-state index contributed by atoms with van der Waals surface area (Å²) in [5.41, 5.74) is -0.264. The first kappa shape index (κ1) is 16.6. The molecule has 1 nitrogen and oxygen atoms in total. The molecule has 0 radical (unpaired) electrons.